The highest BCUT2D eigenvalue weighted by Crippen LogP contribution is 2.25. The van der Waals surface area contributed by atoms with Crippen molar-refractivity contribution < 1.29 is 14.4 Å². The number of anilines is 1. The minimum atomic E-state index is -0.369. The molecule has 2 rings (SSSR count). The maximum atomic E-state index is 12.3. The van der Waals surface area contributed by atoms with E-state index in [0.29, 0.717) is 6.54 Å². The van der Waals surface area contributed by atoms with E-state index >= 15 is 0 Å². The number of aryl methyl sites for hydroxylation is 1. The van der Waals surface area contributed by atoms with E-state index < -0.39 is 0 Å². The van der Waals surface area contributed by atoms with Gasteiger partial charge in [0.1, 0.15) is 0 Å². The van der Waals surface area contributed by atoms with Gasteiger partial charge in [0.25, 0.3) is 0 Å². The zero-order chi connectivity index (χ0) is 19.1. The van der Waals surface area contributed by atoms with Crippen LogP contribution in [-0.2, 0) is 20.8 Å². The largest absolute Gasteiger partial charge is 0.355 e. The third-order valence-corrected chi connectivity index (χ3v) is 4.82. The molecule has 0 bridgehead atoms. The van der Waals surface area contributed by atoms with Gasteiger partial charge in [-0.25, -0.2) is 0 Å². The lowest BCUT2D eigenvalue weighted by Gasteiger charge is -2.17. The van der Waals surface area contributed by atoms with Crippen molar-refractivity contribution >= 4 is 23.4 Å². The highest BCUT2D eigenvalue weighted by Gasteiger charge is 2.34. The van der Waals surface area contributed by atoms with Gasteiger partial charge in [-0.1, -0.05) is 26.0 Å². The maximum Gasteiger partial charge on any atom is 0.227 e. The molecule has 3 amide bonds. The van der Waals surface area contributed by atoms with Gasteiger partial charge in [-0.2, -0.15) is 0 Å². The number of hydrogen-bond donors (Lipinski definition) is 2. The third kappa shape index (κ3) is 5.31. The highest BCUT2D eigenvalue weighted by molar-refractivity contribution is 6.00. The molecular formula is C20H29N3O3. The minimum absolute atomic E-state index is 0.0380. The van der Waals surface area contributed by atoms with Crippen LogP contribution in [0.4, 0.5) is 5.69 Å². The molecule has 142 valence electrons. The summed E-state index contributed by atoms with van der Waals surface area (Å²) in [5.74, 6) is -0.642. The fraction of sp³-hybridized carbons (Fsp3) is 0.550. The molecule has 0 radical (unpaired) electrons. The second-order valence-corrected chi connectivity index (χ2v) is 6.84. The van der Waals surface area contributed by atoms with E-state index in [0.717, 1.165) is 18.5 Å². The topological polar surface area (TPSA) is 78.5 Å². The first-order valence-electron chi connectivity index (χ1n) is 9.41. The van der Waals surface area contributed by atoms with Crippen LogP contribution in [0.5, 0.6) is 0 Å². The van der Waals surface area contributed by atoms with Crippen molar-refractivity contribution in [1.29, 1.82) is 0 Å². The summed E-state index contributed by atoms with van der Waals surface area (Å²) in [6.45, 7) is 6.71. The van der Waals surface area contributed by atoms with Gasteiger partial charge in [0.15, 0.2) is 0 Å². The summed E-state index contributed by atoms with van der Waals surface area (Å²) in [6, 6.07) is 8.00. The van der Waals surface area contributed by atoms with Crippen molar-refractivity contribution in [1.82, 2.24) is 10.6 Å². The number of rotatable bonds is 8. The van der Waals surface area contributed by atoms with Gasteiger partial charge in [-0.3, -0.25) is 14.4 Å². The fourth-order valence-corrected chi connectivity index (χ4v) is 2.94. The molecule has 1 aromatic rings. The average molecular weight is 359 g/mol. The van der Waals surface area contributed by atoms with Gasteiger partial charge in [-0.15, -0.1) is 0 Å². The van der Waals surface area contributed by atoms with E-state index in [2.05, 4.69) is 17.6 Å². The van der Waals surface area contributed by atoms with Gasteiger partial charge in [0, 0.05) is 37.7 Å². The summed E-state index contributed by atoms with van der Waals surface area (Å²) in [4.78, 5) is 38.0. The summed E-state index contributed by atoms with van der Waals surface area (Å²) in [5, 5.41) is 5.64. The van der Waals surface area contributed by atoms with Crippen LogP contribution in [0, 0.1) is 5.92 Å². The van der Waals surface area contributed by atoms with E-state index in [4.69, 9.17) is 0 Å². The normalized spacial score (nSPS) is 17.9. The molecule has 26 heavy (non-hydrogen) atoms. The highest BCUT2D eigenvalue weighted by atomic mass is 16.2. The Hall–Kier alpha value is -2.37. The molecule has 6 heteroatoms. The van der Waals surface area contributed by atoms with Gasteiger partial charge in [0.2, 0.25) is 17.7 Å². The molecule has 2 atom stereocenters. The first kappa shape index (κ1) is 19.9. The van der Waals surface area contributed by atoms with Crippen molar-refractivity contribution in [2.24, 2.45) is 5.92 Å². The summed E-state index contributed by atoms with van der Waals surface area (Å²) < 4.78 is 0. The third-order valence-electron chi connectivity index (χ3n) is 4.82. The predicted octanol–water partition coefficient (Wildman–Crippen LogP) is 2.02. The molecule has 2 unspecified atom stereocenters. The Bertz CT molecular complexity index is 642. The number of nitrogens with one attached hydrogen (secondary N) is 2. The Balaban J connectivity index is 1.81. The van der Waals surface area contributed by atoms with Gasteiger partial charge in [-0.05, 0) is 37.5 Å². The molecule has 2 N–H and O–H groups in total. The Morgan fingerprint density at radius 3 is 2.54 bits per heavy atom. The fourth-order valence-electron chi connectivity index (χ4n) is 2.94. The SMILES string of the molecule is CCc1ccc(N2CC(C(=O)NCCC(=O)NC(C)CC)CC2=O)cc1. The number of hydrogen-bond acceptors (Lipinski definition) is 3. The van der Waals surface area contributed by atoms with Crippen LogP contribution >= 0.6 is 0 Å². The Morgan fingerprint density at radius 2 is 1.92 bits per heavy atom. The molecule has 6 nitrogen and oxygen atoms in total. The smallest absolute Gasteiger partial charge is 0.227 e. The van der Waals surface area contributed by atoms with Crippen molar-refractivity contribution in [3.8, 4) is 0 Å². The molecule has 0 aliphatic carbocycles. The van der Waals surface area contributed by atoms with Crippen molar-refractivity contribution in [2.45, 2.75) is 52.5 Å². The zero-order valence-electron chi connectivity index (χ0n) is 15.9. The molecule has 1 fully saturated rings. The molecule has 1 aliphatic rings. The zero-order valence-corrected chi connectivity index (χ0v) is 15.9. The average Bonchev–Trinajstić information content (AvgIpc) is 3.03. The quantitative estimate of drug-likeness (QED) is 0.745. The molecule has 0 aromatic heterocycles. The summed E-state index contributed by atoms with van der Waals surface area (Å²) >= 11 is 0. The van der Waals surface area contributed by atoms with E-state index in [9.17, 15) is 14.4 Å². The van der Waals surface area contributed by atoms with Crippen LogP contribution in [0.25, 0.3) is 0 Å². The first-order chi connectivity index (χ1) is 12.4. The standard InChI is InChI=1S/C20H29N3O3/c1-4-14(3)22-18(24)10-11-21-20(26)16-12-19(25)23(13-16)17-8-6-15(5-2)7-9-17/h6-9,14,16H,4-5,10-13H2,1-3H3,(H,21,26)(H,22,24). The van der Waals surface area contributed by atoms with E-state index in [1.165, 1.54) is 5.56 Å². The number of benzene rings is 1. The van der Waals surface area contributed by atoms with E-state index in [1.807, 2.05) is 38.1 Å². The van der Waals surface area contributed by atoms with Crippen molar-refractivity contribution in [2.75, 3.05) is 18.0 Å². The van der Waals surface area contributed by atoms with Crippen LogP contribution in [-0.4, -0.2) is 36.9 Å². The van der Waals surface area contributed by atoms with Crippen LogP contribution in [0.2, 0.25) is 0 Å². The number of nitrogens with zero attached hydrogens (tertiary/aromatic N) is 1. The van der Waals surface area contributed by atoms with Gasteiger partial charge in [0.05, 0.1) is 5.92 Å². The lowest BCUT2D eigenvalue weighted by atomic mass is 10.1. The van der Waals surface area contributed by atoms with Crippen LogP contribution < -0.4 is 15.5 Å². The molecule has 1 saturated heterocycles. The number of carbonyl (C=O) groups excluding carboxylic acids is 3. The molecule has 0 spiro atoms. The molecular weight excluding hydrogens is 330 g/mol. The molecule has 0 saturated carbocycles. The Kier molecular flexibility index (Phi) is 7.18. The van der Waals surface area contributed by atoms with Gasteiger partial charge < -0.3 is 15.5 Å². The van der Waals surface area contributed by atoms with E-state index in [-0.39, 0.29) is 49.1 Å². The number of amides is 3. The lowest BCUT2D eigenvalue weighted by Crippen LogP contribution is -2.37. The summed E-state index contributed by atoms with van der Waals surface area (Å²) in [7, 11) is 0. The maximum absolute atomic E-state index is 12.3. The molecule has 1 aliphatic heterocycles. The molecule has 1 heterocycles. The summed E-state index contributed by atoms with van der Waals surface area (Å²) in [5.41, 5.74) is 2.04. The second-order valence-electron chi connectivity index (χ2n) is 6.84. The Labute approximate surface area is 155 Å². The summed E-state index contributed by atoms with van der Waals surface area (Å²) in [6.07, 6.45) is 2.28. The number of carbonyl (C=O) groups is 3. The second kappa shape index (κ2) is 9.36. The Morgan fingerprint density at radius 1 is 1.23 bits per heavy atom. The van der Waals surface area contributed by atoms with Crippen LogP contribution in [0.15, 0.2) is 24.3 Å². The van der Waals surface area contributed by atoms with Crippen molar-refractivity contribution in [3.63, 3.8) is 0 Å². The first-order valence-corrected chi connectivity index (χ1v) is 9.41. The van der Waals surface area contributed by atoms with Crippen molar-refractivity contribution in [3.05, 3.63) is 29.8 Å². The lowest BCUT2D eigenvalue weighted by molar-refractivity contribution is -0.126. The van der Waals surface area contributed by atoms with E-state index in [1.54, 1.807) is 4.90 Å². The monoisotopic (exact) mass is 359 g/mol. The van der Waals surface area contributed by atoms with Crippen LogP contribution in [0.1, 0.15) is 45.6 Å². The van der Waals surface area contributed by atoms with Gasteiger partial charge >= 0.3 is 0 Å². The van der Waals surface area contributed by atoms with Crippen LogP contribution in [0.3, 0.4) is 0 Å². The molecule has 1 aromatic carbocycles. The predicted molar refractivity (Wildman–Crippen MR) is 102 cm³/mol. The minimum Gasteiger partial charge on any atom is -0.355 e.